The zero-order valence-electron chi connectivity index (χ0n) is 11.9. The van der Waals surface area contributed by atoms with Crippen LogP contribution in [0.3, 0.4) is 0 Å². The van der Waals surface area contributed by atoms with Gasteiger partial charge in [-0.25, -0.2) is 4.98 Å². The van der Waals surface area contributed by atoms with Gasteiger partial charge in [-0.05, 0) is 31.5 Å². The molecule has 0 radical (unpaired) electrons. The fraction of sp³-hybridized carbons (Fsp3) is 0.467. The van der Waals surface area contributed by atoms with E-state index in [2.05, 4.69) is 10.3 Å². The summed E-state index contributed by atoms with van der Waals surface area (Å²) in [4.78, 5) is 16.3. The molecule has 21 heavy (non-hydrogen) atoms. The standard InChI is InChI=1S/C15H20N4O2/c16-14(21)11-4-1-5-12-13(11)18-15(19(12)7-8-20)10-3-2-6-17-9-10/h1,4-5,10,17,20H,2-3,6-9H2,(H2,16,21). The Labute approximate surface area is 123 Å². The smallest absolute Gasteiger partial charge is 0.250 e. The van der Waals surface area contributed by atoms with Crippen molar-refractivity contribution in [3.05, 3.63) is 29.6 Å². The van der Waals surface area contributed by atoms with Gasteiger partial charge < -0.3 is 20.7 Å². The van der Waals surface area contributed by atoms with Crippen LogP contribution in [0.5, 0.6) is 0 Å². The third-order valence-corrected chi connectivity index (χ3v) is 4.06. The number of carbonyl (C=O) groups is 1. The summed E-state index contributed by atoms with van der Waals surface area (Å²) >= 11 is 0. The molecule has 1 aromatic heterocycles. The molecular formula is C15H20N4O2. The van der Waals surface area contributed by atoms with E-state index in [0.29, 0.717) is 23.5 Å². The highest BCUT2D eigenvalue weighted by Gasteiger charge is 2.23. The molecule has 1 aliphatic heterocycles. The van der Waals surface area contributed by atoms with Gasteiger partial charge in [0.1, 0.15) is 11.3 Å². The van der Waals surface area contributed by atoms with Crippen molar-refractivity contribution in [2.24, 2.45) is 5.73 Å². The van der Waals surface area contributed by atoms with Crippen molar-refractivity contribution in [3.8, 4) is 0 Å². The summed E-state index contributed by atoms with van der Waals surface area (Å²) in [5.74, 6) is 0.765. The number of nitrogens with one attached hydrogen (secondary N) is 1. The van der Waals surface area contributed by atoms with E-state index in [0.717, 1.165) is 37.3 Å². The van der Waals surface area contributed by atoms with Gasteiger partial charge in [-0.3, -0.25) is 4.79 Å². The van der Waals surface area contributed by atoms with Crippen LogP contribution in [0.4, 0.5) is 0 Å². The third kappa shape index (κ3) is 2.52. The van der Waals surface area contributed by atoms with Crippen molar-refractivity contribution >= 4 is 16.9 Å². The van der Waals surface area contributed by atoms with Gasteiger partial charge in [0.15, 0.2) is 0 Å². The molecule has 1 unspecified atom stereocenters. The lowest BCUT2D eigenvalue weighted by Crippen LogP contribution is -2.30. The number of nitrogens with zero attached hydrogens (tertiary/aromatic N) is 2. The molecule has 1 aromatic carbocycles. The van der Waals surface area contributed by atoms with Crippen LogP contribution >= 0.6 is 0 Å². The molecule has 0 bridgehead atoms. The van der Waals surface area contributed by atoms with Gasteiger partial charge in [-0.2, -0.15) is 0 Å². The van der Waals surface area contributed by atoms with Crippen molar-refractivity contribution < 1.29 is 9.90 Å². The molecule has 0 saturated carbocycles. The molecule has 0 spiro atoms. The zero-order chi connectivity index (χ0) is 14.8. The van der Waals surface area contributed by atoms with E-state index >= 15 is 0 Å². The van der Waals surface area contributed by atoms with Crippen LogP contribution in [-0.4, -0.2) is 40.3 Å². The number of aromatic nitrogens is 2. The summed E-state index contributed by atoms with van der Waals surface area (Å²) in [6.07, 6.45) is 2.17. The lowest BCUT2D eigenvalue weighted by atomic mass is 9.99. The number of para-hydroxylation sites is 1. The summed E-state index contributed by atoms with van der Waals surface area (Å²) in [6, 6.07) is 5.43. The second-order valence-corrected chi connectivity index (χ2v) is 5.43. The maximum atomic E-state index is 11.6. The highest BCUT2D eigenvalue weighted by atomic mass is 16.3. The summed E-state index contributed by atoms with van der Waals surface area (Å²) in [6.45, 7) is 2.42. The molecular weight excluding hydrogens is 268 g/mol. The van der Waals surface area contributed by atoms with Crippen LogP contribution in [0.15, 0.2) is 18.2 Å². The quantitative estimate of drug-likeness (QED) is 0.768. The maximum Gasteiger partial charge on any atom is 0.250 e. The van der Waals surface area contributed by atoms with Gasteiger partial charge in [-0.1, -0.05) is 6.07 Å². The first-order chi connectivity index (χ1) is 10.2. The average molecular weight is 288 g/mol. The summed E-state index contributed by atoms with van der Waals surface area (Å²) in [5, 5.41) is 12.7. The molecule has 6 nitrogen and oxygen atoms in total. The number of aliphatic hydroxyl groups is 1. The normalized spacial score (nSPS) is 19.0. The Morgan fingerprint density at radius 2 is 2.38 bits per heavy atom. The molecule has 2 aromatic rings. The summed E-state index contributed by atoms with van der Waals surface area (Å²) in [7, 11) is 0. The molecule has 4 N–H and O–H groups in total. The molecule has 1 saturated heterocycles. The highest BCUT2D eigenvalue weighted by molar-refractivity contribution is 6.04. The highest BCUT2D eigenvalue weighted by Crippen LogP contribution is 2.28. The molecule has 6 heteroatoms. The number of piperidine rings is 1. The third-order valence-electron chi connectivity index (χ3n) is 4.06. The average Bonchev–Trinajstić information content (AvgIpc) is 2.87. The minimum absolute atomic E-state index is 0.0411. The molecule has 3 rings (SSSR count). The largest absolute Gasteiger partial charge is 0.395 e. The molecule has 112 valence electrons. The lowest BCUT2D eigenvalue weighted by Gasteiger charge is -2.23. The number of imidazole rings is 1. The minimum Gasteiger partial charge on any atom is -0.395 e. The lowest BCUT2D eigenvalue weighted by molar-refractivity contribution is 0.100. The van der Waals surface area contributed by atoms with Crippen LogP contribution in [-0.2, 0) is 6.54 Å². The van der Waals surface area contributed by atoms with E-state index in [1.807, 2.05) is 10.6 Å². The first-order valence-corrected chi connectivity index (χ1v) is 7.33. The number of primary amides is 1. The van der Waals surface area contributed by atoms with Gasteiger partial charge in [0.25, 0.3) is 5.91 Å². The predicted molar refractivity (Wildman–Crippen MR) is 80.2 cm³/mol. The van der Waals surface area contributed by atoms with E-state index in [9.17, 15) is 9.90 Å². The van der Waals surface area contributed by atoms with Crippen LogP contribution in [0.2, 0.25) is 0 Å². The Morgan fingerprint density at radius 3 is 3.05 bits per heavy atom. The van der Waals surface area contributed by atoms with E-state index in [4.69, 9.17) is 5.73 Å². The molecule has 1 amide bonds. The van der Waals surface area contributed by atoms with Crippen molar-refractivity contribution in [1.29, 1.82) is 0 Å². The Kier molecular flexibility index (Phi) is 3.90. The van der Waals surface area contributed by atoms with E-state index in [1.54, 1.807) is 12.1 Å². The zero-order valence-corrected chi connectivity index (χ0v) is 11.9. The van der Waals surface area contributed by atoms with Crippen molar-refractivity contribution in [2.45, 2.75) is 25.3 Å². The second-order valence-electron chi connectivity index (χ2n) is 5.43. The first-order valence-electron chi connectivity index (χ1n) is 7.33. The number of nitrogens with two attached hydrogens (primary N) is 1. The van der Waals surface area contributed by atoms with Crippen molar-refractivity contribution in [1.82, 2.24) is 14.9 Å². The molecule has 1 fully saturated rings. The fourth-order valence-electron chi connectivity index (χ4n) is 3.08. The van der Waals surface area contributed by atoms with Crippen LogP contribution < -0.4 is 11.1 Å². The monoisotopic (exact) mass is 288 g/mol. The number of hydrogen-bond donors (Lipinski definition) is 3. The fourth-order valence-corrected chi connectivity index (χ4v) is 3.08. The van der Waals surface area contributed by atoms with Crippen molar-refractivity contribution in [2.75, 3.05) is 19.7 Å². The summed E-state index contributed by atoms with van der Waals surface area (Å²) in [5.41, 5.74) is 7.38. The topological polar surface area (TPSA) is 93.2 Å². The Balaban J connectivity index is 2.15. The summed E-state index contributed by atoms with van der Waals surface area (Å²) < 4.78 is 2.01. The maximum absolute atomic E-state index is 11.6. The minimum atomic E-state index is -0.470. The number of carbonyl (C=O) groups excluding carboxylic acids is 1. The molecule has 0 aliphatic carbocycles. The van der Waals surface area contributed by atoms with Gasteiger partial charge in [0.2, 0.25) is 0 Å². The van der Waals surface area contributed by atoms with E-state index in [-0.39, 0.29) is 6.61 Å². The van der Waals surface area contributed by atoms with Crippen LogP contribution in [0.1, 0.15) is 34.9 Å². The van der Waals surface area contributed by atoms with Gasteiger partial charge in [-0.15, -0.1) is 0 Å². The number of rotatable bonds is 4. The number of benzene rings is 1. The number of amides is 1. The Hall–Kier alpha value is -1.92. The van der Waals surface area contributed by atoms with E-state index < -0.39 is 5.91 Å². The first kappa shape index (κ1) is 14.0. The van der Waals surface area contributed by atoms with Crippen LogP contribution in [0.25, 0.3) is 11.0 Å². The Morgan fingerprint density at radius 1 is 1.52 bits per heavy atom. The van der Waals surface area contributed by atoms with Crippen molar-refractivity contribution in [3.63, 3.8) is 0 Å². The number of fused-ring (bicyclic) bond motifs is 1. The molecule has 1 aliphatic rings. The second kappa shape index (κ2) is 5.83. The number of aliphatic hydroxyl groups excluding tert-OH is 1. The predicted octanol–water partition coefficient (Wildman–Crippen LogP) is 0.594. The van der Waals surface area contributed by atoms with Crippen LogP contribution in [0, 0.1) is 0 Å². The molecule has 1 atom stereocenters. The van der Waals surface area contributed by atoms with Gasteiger partial charge >= 0.3 is 0 Å². The SMILES string of the molecule is NC(=O)c1cccc2c1nc(C1CCCNC1)n2CCO. The molecule has 2 heterocycles. The van der Waals surface area contributed by atoms with Gasteiger partial charge in [0, 0.05) is 19.0 Å². The van der Waals surface area contributed by atoms with E-state index in [1.165, 1.54) is 0 Å². The van der Waals surface area contributed by atoms with Gasteiger partial charge in [0.05, 0.1) is 17.7 Å². The Bertz CT molecular complexity index is 659. The number of hydrogen-bond acceptors (Lipinski definition) is 4.